The quantitative estimate of drug-likeness (QED) is 0.563. The lowest BCUT2D eigenvalue weighted by Crippen LogP contribution is -2.07. The molecular weight excluding hydrogens is 180 g/mol. The summed E-state index contributed by atoms with van der Waals surface area (Å²) in [6, 6.07) is 0. The molecule has 0 N–H and O–H groups in total. The number of rotatable bonds is 2. The second-order valence-corrected chi connectivity index (χ2v) is 5.67. The molecule has 0 saturated heterocycles. The van der Waals surface area contributed by atoms with Crippen molar-refractivity contribution in [2.24, 2.45) is 11.8 Å². The van der Waals surface area contributed by atoms with Crippen LogP contribution in [0, 0.1) is 11.8 Å². The summed E-state index contributed by atoms with van der Waals surface area (Å²) in [7, 11) is 0. The fourth-order valence-corrected chi connectivity index (χ4v) is 2.99. The molecule has 84 valence electrons. The van der Waals surface area contributed by atoms with Gasteiger partial charge in [-0.25, -0.2) is 0 Å². The lowest BCUT2D eigenvalue weighted by Gasteiger charge is -2.23. The summed E-state index contributed by atoms with van der Waals surface area (Å²) in [6.45, 7) is 4.79. The molecular formula is C15H24. The maximum Gasteiger partial charge on any atom is -0.0108 e. The van der Waals surface area contributed by atoms with Gasteiger partial charge in [-0.3, -0.25) is 0 Å². The predicted molar refractivity (Wildman–Crippen MR) is 66.8 cm³/mol. The maximum atomic E-state index is 2.50. The topological polar surface area (TPSA) is 0 Å². The zero-order chi connectivity index (χ0) is 10.7. The molecule has 0 spiro atoms. The summed E-state index contributed by atoms with van der Waals surface area (Å²) in [4.78, 5) is 0. The Kier molecular flexibility index (Phi) is 3.66. The molecule has 0 aromatic heterocycles. The number of hydrogen-bond acceptors (Lipinski definition) is 0. The molecule has 0 aromatic rings. The minimum absolute atomic E-state index is 0.923. The first-order valence-electron chi connectivity index (χ1n) is 6.60. The fourth-order valence-electron chi connectivity index (χ4n) is 2.99. The van der Waals surface area contributed by atoms with Crippen molar-refractivity contribution < 1.29 is 0 Å². The van der Waals surface area contributed by atoms with Gasteiger partial charge < -0.3 is 0 Å². The van der Waals surface area contributed by atoms with Crippen molar-refractivity contribution in [3.05, 3.63) is 23.3 Å². The Morgan fingerprint density at radius 3 is 1.80 bits per heavy atom. The smallest absolute Gasteiger partial charge is 0.0108 e. The summed E-state index contributed by atoms with van der Waals surface area (Å²) >= 11 is 0. The Labute approximate surface area is 94.5 Å². The first-order valence-corrected chi connectivity index (χ1v) is 6.60. The lowest BCUT2D eigenvalue weighted by molar-refractivity contribution is 0.483. The van der Waals surface area contributed by atoms with Crippen molar-refractivity contribution in [2.75, 3.05) is 0 Å². The van der Waals surface area contributed by atoms with E-state index in [1.165, 1.54) is 44.9 Å². The molecule has 0 saturated carbocycles. The molecule has 2 unspecified atom stereocenters. The highest BCUT2D eigenvalue weighted by Gasteiger charge is 2.15. The summed E-state index contributed by atoms with van der Waals surface area (Å²) < 4.78 is 0. The monoisotopic (exact) mass is 204 g/mol. The molecule has 15 heavy (non-hydrogen) atoms. The Hall–Kier alpha value is -0.520. The zero-order valence-corrected chi connectivity index (χ0v) is 10.3. The van der Waals surface area contributed by atoms with E-state index in [2.05, 4.69) is 26.0 Å². The van der Waals surface area contributed by atoms with Gasteiger partial charge in [-0.15, -0.1) is 0 Å². The van der Waals surface area contributed by atoms with E-state index < -0.39 is 0 Å². The van der Waals surface area contributed by atoms with E-state index in [4.69, 9.17) is 0 Å². The third-order valence-corrected chi connectivity index (χ3v) is 3.86. The van der Waals surface area contributed by atoms with Crippen LogP contribution < -0.4 is 0 Å². The van der Waals surface area contributed by atoms with Crippen molar-refractivity contribution in [3.8, 4) is 0 Å². The van der Waals surface area contributed by atoms with Gasteiger partial charge in [0.05, 0.1) is 0 Å². The van der Waals surface area contributed by atoms with Crippen LogP contribution in [0.1, 0.15) is 58.8 Å². The van der Waals surface area contributed by atoms with Crippen molar-refractivity contribution in [3.63, 3.8) is 0 Å². The highest BCUT2D eigenvalue weighted by atomic mass is 14.2. The molecule has 2 aliphatic rings. The average Bonchev–Trinajstić information content (AvgIpc) is 2.17. The average molecular weight is 204 g/mol. The van der Waals surface area contributed by atoms with Crippen molar-refractivity contribution >= 4 is 0 Å². The van der Waals surface area contributed by atoms with Gasteiger partial charge in [-0.2, -0.15) is 0 Å². The molecule has 0 aromatic carbocycles. The highest BCUT2D eigenvalue weighted by molar-refractivity contribution is 5.19. The van der Waals surface area contributed by atoms with E-state index in [1.54, 1.807) is 11.1 Å². The predicted octanol–water partition coefficient (Wildman–Crippen LogP) is 4.87. The van der Waals surface area contributed by atoms with Gasteiger partial charge in [0.15, 0.2) is 0 Å². The Balaban J connectivity index is 1.91. The lowest BCUT2D eigenvalue weighted by atomic mass is 9.83. The first kappa shape index (κ1) is 11.0. The van der Waals surface area contributed by atoms with Crippen LogP contribution in [0.5, 0.6) is 0 Å². The van der Waals surface area contributed by atoms with Crippen LogP contribution in [-0.2, 0) is 0 Å². The second-order valence-electron chi connectivity index (χ2n) is 5.67. The molecule has 0 radical (unpaired) electrons. The summed E-state index contributed by atoms with van der Waals surface area (Å²) in [5, 5.41) is 0. The van der Waals surface area contributed by atoms with Gasteiger partial charge in [0.1, 0.15) is 0 Å². The van der Waals surface area contributed by atoms with Crippen LogP contribution in [0.4, 0.5) is 0 Å². The van der Waals surface area contributed by atoms with Crippen LogP contribution in [0.2, 0.25) is 0 Å². The van der Waals surface area contributed by atoms with Gasteiger partial charge >= 0.3 is 0 Å². The highest BCUT2D eigenvalue weighted by Crippen LogP contribution is 2.32. The zero-order valence-electron chi connectivity index (χ0n) is 10.3. The fraction of sp³-hybridized carbons (Fsp3) is 0.733. The molecule has 0 heterocycles. The van der Waals surface area contributed by atoms with Gasteiger partial charge in [0, 0.05) is 0 Å². The normalized spacial score (nSPS) is 32.1. The molecule has 0 nitrogen and oxygen atoms in total. The SMILES string of the molecule is CC1CCC=C(CC2=CCCC(C)C2)C1. The van der Waals surface area contributed by atoms with Crippen LogP contribution >= 0.6 is 0 Å². The Morgan fingerprint density at radius 1 is 0.933 bits per heavy atom. The second kappa shape index (κ2) is 5.01. The largest absolute Gasteiger partial charge is 0.0850 e. The molecule has 0 bridgehead atoms. The maximum absolute atomic E-state index is 2.50. The van der Waals surface area contributed by atoms with E-state index in [1.807, 2.05) is 0 Å². The van der Waals surface area contributed by atoms with Crippen LogP contribution in [0.25, 0.3) is 0 Å². The van der Waals surface area contributed by atoms with E-state index in [0.29, 0.717) is 0 Å². The van der Waals surface area contributed by atoms with Gasteiger partial charge in [0.25, 0.3) is 0 Å². The van der Waals surface area contributed by atoms with Crippen LogP contribution in [0.3, 0.4) is 0 Å². The van der Waals surface area contributed by atoms with Crippen LogP contribution in [-0.4, -0.2) is 0 Å². The Morgan fingerprint density at radius 2 is 1.40 bits per heavy atom. The van der Waals surface area contributed by atoms with Gasteiger partial charge in [0.2, 0.25) is 0 Å². The molecule has 2 atom stereocenters. The molecule has 0 amide bonds. The molecule has 0 fully saturated rings. The molecule has 0 aliphatic heterocycles. The number of hydrogen-bond donors (Lipinski definition) is 0. The third kappa shape index (κ3) is 3.22. The number of allylic oxidation sites excluding steroid dienone is 4. The van der Waals surface area contributed by atoms with E-state index in [-0.39, 0.29) is 0 Å². The molecule has 2 aliphatic carbocycles. The summed E-state index contributed by atoms with van der Waals surface area (Å²) in [5.74, 6) is 1.85. The van der Waals surface area contributed by atoms with Gasteiger partial charge in [-0.05, 0) is 56.8 Å². The van der Waals surface area contributed by atoms with Gasteiger partial charge in [-0.1, -0.05) is 37.1 Å². The molecule has 0 heteroatoms. The third-order valence-electron chi connectivity index (χ3n) is 3.86. The van der Waals surface area contributed by atoms with Crippen molar-refractivity contribution in [1.29, 1.82) is 0 Å². The summed E-state index contributed by atoms with van der Waals surface area (Å²) in [5.41, 5.74) is 3.43. The summed E-state index contributed by atoms with van der Waals surface area (Å²) in [6.07, 6.45) is 14.4. The molecule has 2 rings (SSSR count). The minimum Gasteiger partial charge on any atom is -0.0850 e. The van der Waals surface area contributed by atoms with Crippen LogP contribution in [0.15, 0.2) is 23.3 Å². The standard InChI is InChI=1S/C15H24/c1-12-5-3-7-14(9-12)11-15-8-4-6-13(2)10-15/h7-8,12-13H,3-6,9-11H2,1-2H3. The minimum atomic E-state index is 0.923. The van der Waals surface area contributed by atoms with Crippen molar-refractivity contribution in [1.82, 2.24) is 0 Å². The van der Waals surface area contributed by atoms with E-state index in [0.717, 1.165) is 11.8 Å². The van der Waals surface area contributed by atoms with E-state index >= 15 is 0 Å². The van der Waals surface area contributed by atoms with E-state index in [9.17, 15) is 0 Å². The van der Waals surface area contributed by atoms with Crippen molar-refractivity contribution in [2.45, 2.75) is 58.8 Å². The first-order chi connectivity index (χ1) is 7.24. The Bertz CT molecular complexity index is 242.